The zero-order valence-electron chi connectivity index (χ0n) is 6.50. The monoisotopic (exact) mass is 162 g/mol. The minimum atomic E-state index is -2.71. The zero-order chi connectivity index (χ0) is 7.78. The van der Waals surface area contributed by atoms with E-state index in [1.165, 1.54) is 0 Å². The Labute approximate surface area is 62.5 Å². The zero-order valence-corrected chi connectivity index (χ0v) is 7.32. The standard InChI is InChI=1S/C7H14O2S/c1-6-4-3-5-10(8,9)7(6)2/h6-7H,3-5H2,1-2H3/t6-,7-/m0/s1. The molecule has 1 aliphatic rings. The van der Waals surface area contributed by atoms with E-state index in [1.807, 2.05) is 13.8 Å². The second-order valence-corrected chi connectivity index (χ2v) is 5.67. The molecule has 0 amide bonds. The molecule has 1 rings (SSSR count). The molecule has 0 bridgehead atoms. The molecule has 3 heteroatoms. The van der Waals surface area contributed by atoms with Gasteiger partial charge in [0.2, 0.25) is 0 Å². The van der Waals surface area contributed by atoms with Crippen LogP contribution in [0.3, 0.4) is 0 Å². The normalized spacial score (nSPS) is 39.4. The lowest BCUT2D eigenvalue weighted by atomic mass is 10.0. The van der Waals surface area contributed by atoms with Crippen molar-refractivity contribution in [2.24, 2.45) is 5.92 Å². The highest BCUT2D eigenvalue weighted by Gasteiger charge is 2.29. The Morgan fingerprint density at radius 2 is 1.90 bits per heavy atom. The average molecular weight is 162 g/mol. The molecule has 0 aromatic heterocycles. The molecule has 2 atom stereocenters. The first kappa shape index (κ1) is 8.05. The van der Waals surface area contributed by atoms with Crippen molar-refractivity contribution in [3.05, 3.63) is 0 Å². The van der Waals surface area contributed by atoms with E-state index in [1.54, 1.807) is 0 Å². The van der Waals surface area contributed by atoms with E-state index in [0.717, 1.165) is 12.8 Å². The van der Waals surface area contributed by atoms with Crippen LogP contribution >= 0.6 is 0 Å². The van der Waals surface area contributed by atoms with Gasteiger partial charge in [-0.1, -0.05) is 6.92 Å². The highest BCUT2D eigenvalue weighted by Crippen LogP contribution is 2.24. The number of rotatable bonds is 0. The van der Waals surface area contributed by atoms with Crippen molar-refractivity contribution in [1.82, 2.24) is 0 Å². The fraction of sp³-hybridized carbons (Fsp3) is 1.00. The van der Waals surface area contributed by atoms with Gasteiger partial charge in [0.05, 0.1) is 11.0 Å². The summed E-state index contributed by atoms with van der Waals surface area (Å²) in [5.74, 6) is 0.761. The summed E-state index contributed by atoms with van der Waals surface area (Å²) in [7, 11) is -2.71. The quantitative estimate of drug-likeness (QED) is 0.536. The van der Waals surface area contributed by atoms with Crippen molar-refractivity contribution in [3.8, 4) is 0 Å². The summed E-state index contributed by atoms with van der Waals surface area (Å²) in [6.07, 6.45) is 1.92. The first-order valence-corrected chi connectivity index (χ1v) is 5.47. The van der Waals surface area contributed by atoms with Gasteiger partial charge in [0.25, 0.3) is 0 Å². The molecule has 1 heterocycles. The average Bonchev–Trinajstić information content (AvgIpc) is 1.83. The Balaban J connectivity index is 2.80. The van der Waals surface area contributed by atoms with Gasteiger partial charge in [-0.3, -0.25) is 0 Å². The first-order chi connectivity index (χ1) is 4.54. The van der Waals surface area contributed by atoms with Crippen molar-refractivity contribution in [2.75, 3.05) is 5.75 Å². The van der Waals surface area contributed by atoms with Crippen LogP contribution in [0.1, 0.15) is 26.7 Å². The van der Waals surface area contributed by atoms with Crippen LogP contribution in [0, 0.1) is 5.92 Å². The van der Waals surface area contributed by atoms with E-state index in [2.05, 4.69) is 0 Å². The molecule has 0 aromatic rings. The Hall–Kier alpha value is -0.0500. The fourth-order valence-corrected chi connectivity index (χ4v) is 3.17. The van der Waals surface area contributed by atoms with E-state index in [9.17, 15) is 8.42 Å². The van der Waals surface area contributed by atoms with Gasteiger partial charge in [0.15, 0.2) is 9.84 Å². The summed E-state index contributed by atoms with van der Waals surface area (Å²) in [4.78, 5) is 0. The second-order valence-electron chi connectivity index (χ2n) is 3.19. The van der Waals surface area contributed by atoms with Crippen LogP contribution in [0.15, 0.2) is 0 Å². The van der Waals surface area contributed by atoms with Crippen molar-refractivity contribution >= 4 is 9.84 Å². The molecule has 1 fully saturated rings. The molecule has 0 N–H and O–H groups in total. The predicted octanol–water partition coefficient (Wildman–Crippen LogP) is 1.22. The molecule has 0 saturated carbocycles. The molecular formula is C7H14O2S. The maximum Gasteiger partial charge on any atom is 0.153 e. The number of sulfone groups is 1. The van der Waals surface area contributed by atoms with Crippen LogP contribution in [-0.4, -0.2) is 19.4 Å². The van der Waals surface area contributed by atoms with Gasteiger partial charge in [-0.05, 0) is 25.7 Å². The lowest BCUT2D eigenvalue weighted by Crippen LogP contribution is -2.32. The van der Waals surface area contributed by atoms with Crippen molar-refractivity contribution in [1.29, 1.82) is 0 Å². The third-order valence-electron chi connectivity index (χ3n) is 2.46. The minimum Gasteiger partial charge on any atom is -0.229 e. The summed E-state index contributed by atoms with van der Waals surface area (Å²) in [5.41, 5.74) is 0. The van der Waals surface area contributed by atoms with E-state index >= 15 is 0 Å². The lowest BCUT2D eigenvalue weighted by Gasteiger charge is -2.24. The smallest absolute Gasteiger partial charge is 0.153 e. The van der Waals surface area contributed by atoms with Crippen LogP contribution in [0.5, 0.6) is 0 Å². The first-order valence-electron chi connectivity index (χ1n) is 3.75. The lowest BCUT2D eigenvalue weighted by molar-refractivity contribution is 0.461. The highest BCUT2D eigenvalue weighted by molar-refractivity contribution is 7.92. The minimum absolute atomic E-state index is 0.110. The van der Waals surface area contributed by atoms with Gasteiger partial charge in [-0.2, -0.15) is 0 Å². The van der Waals surface area contributed by atoms with Gasteiger partial charge in [-0.15, -0.1) is 0 Å². The molecule has 1 aliphatic heterocycles. The van der Waals surface area contributed by atoms with Crippen LogP contribution in [0.25, 0.3) is 0 Å². The highest BCUT2D eigenvalue weighted by atomic mass is 32.2. The van der Waals surface area contributed by atoms with Gasteiger partial charge >= 0.3 is 0 Å². The maximum atomic E-state index is 11.2. The number of hydrogen-bond donors (Lipinski definition) is 0. The van der Waals surface area contributed by atoms with Crippen LogP contribution in [0.2, 0.25) is 0 Å². The summed E-state index contributed by atoms with van der Waals surface area (Å²) in [5, 5.41) is -0.110. The Kier molecular flexibility index (Phi) is 2.04. The van der Waals surface area contributed by atoms with Crippen molar-refractivity contribution in [2.45, 2.75) is 31.9 Å². The predicted molar refractivity (Wildman–Crippen MR) is 41.6 cm³/mol. The van der Waals surface area contributed by atoms with Crippen LogP contribution in [0.4, 0.5) is 0 Å². The largest absolute Gasteiger partial charge is 0.229 e. The molecule has 60 valence electrons. The Morgan fingerprint density at radius 3 is 2.30 bits per heavy atom. The molecule has 2 nitrogen and oxygen atoms in total. The van der Waals surface area contributed by atoms with Gasteiger partial charge < -0.3 is 0 Å². The molecule has 0 aromatic carbocycles. The summed E-state index contributed by atoms with van der Waals surface area (Å²) >= 11 is 0. The van der Waals surface area contributed by atoms with Gasteiger partial charge in [-0.25, -0.2) is 8.42 Å². The Morgan fingerprint density at radius 1 is 1.30 bits per heavy atom. The third-order valence-corrected chi connectivity index (χ3v) is 4.91. The SMILES string of the molecule is C[C@H]1CCCS(=O)(=O)[C@H]1C. The fourth-order valence-electron chi connectivity index (χ4n) is 1.38. The molecule has 10 heavy (non-hydrogen) atoms. The topological polar surface area (TPSA) is 34.1 Å². The molecule has 1 saturated heterocycles. The summed E-state index contributed by atoms with van der Waals surface area (Å²) in [6, 6.07) is 0. The van der Waals surface area contributed by atoms with Gasteiger partial charge in [0, 0.05) is 0 Å². The van der Waals surface area contributed by atoms with E-state index in [0.29, 0.717) is 11.7 Å². The van der Waals surface area contributed by atoms with Gasteiger partial charge in [0.1, 0.15) is 0 Å². The summed E-state index contributed by atoms with van der Waals surface area (Å²) < 4.78 is 22.4. The maximum absolute atomic E-state index is 11.2. The number of hydrogen-bond acceptors (Lipinski definition) is 2. The molecule has 0 unspecified atom stereocenters. The van der Waals surface area contributed by atoms with E-state index in [4.69, 9.17) is 0 Å². The van der Waals surface area contributed by atoms with E-state index in [-0.39, 0.29) is 5.25 Å². The van der Waals surface area contributed by atoms with Crippen molar-refractivity contribution < 1.29 is 8.42 Å². The second kappa shape index (κ2) is 2.53. The summed E-state index contributed by atoms with van der Waals surface area (Å²) in [6.45, 7) is 3.83. The Bertz CT molecular complexity index is 206. The molecule has 0 radical (unpaired) electrons. The van der Waals surface area contributed by atoms with Crippen molar-refractivity contribution in [3.63, 3.8) is 0 Å². The van der Waals surface area contributed by atoms with Crippen LogP contribution in [-0.2, 0) is 9.84 Å². The van der Waals surface area contributed by atoms with Crippen LogP contribution < -0.4 is 0 Å². The molecule has 0 spiro atoms. The molecular weight excluding hydrogens is 148 g/mol. The van der Waals surface area contributed by atoms with E-state index < -0.39 is 9.84 Å². The molecule has 0 aliphatic carbocycles. The third kappa shape index (κ3) is 1.34.